The molecule has 2 aromatic heterocycles. The van der Waals surface area contributed by atoms with Gasteiger partial charge in [0.25, 0.3) is 5.56 Å². The maximum atomic E-state index is 13.2. The second-order valence-electron chi connectivity index (χ2n) is 8.43. The van der Waals surface area contributed by atoms with Crippen molar-refractivity contribution in [1.29, 1.82) is 0 Å². The van der Waals surface area contributed by atoms with E-state index in [2.05, 4.69) is 25.1 Å². The van der Waals surface area contributed by atoms with Gasteiger partial charge in [0.05, 0.1) is 29.0 Å². The van der Waals surface area contributed by atoms with Crippen LogP contribution in [0.4, 0.5) is 0 Å². The number of carbonyl (C=O) groups excluding carboxylic acids is 1. The summed E-state index contributed by atoms with van der Waals surface area (Å²) in [6.07, 6.45) is 3.08. The van der Waals surface area contributed by atoms with Crippen molar-refractivity contribution in [3.8, 4) is 11.4 Å². The average Bonchev–Trinajstić information content (AvgIpc) is 3.11. The molecule has 1 unspecified atom stereocenters. The lowest BCUT2D eigenvalue weighted by Gasteiger charge is -2.22. The molecular weight excluding hydrogens is 382 g/mol. The fourth-order valence-electron chi connectivity index (χ4n) is 5.34. The molecule has 1 aliphatic carbocycles. The summed E-state index contributed by atoms with van der Waals surface area (Å²) in [5.41, 5.74) is 9.09. The molecule has 0 fully saturated rings. The summed E-state index contributed by atoms with van der Waals surface area (Å²) in [6.45, 7) is 4.60. The predicted molar refractivity (Wildman–Crippen MR) is 110 cm³/mol. The Morgan fingerprint density at radius 2 is 1.90 bits per heavy atom. The normalized spacial score (nSPS) is 18.6. The molecule has 7 nitrogen and oxygen atoms in total. The van der Waals surface area contributed by atoms with Gasteiger partial charge in [-0.2, -0.15) is 0 Å². The van der Waals surface area contributed by atoms with Gasteiger partial charge in [-0.25, -0.2) is 9.78 Å². The van der Waals surface area contributed by atoms with Crippen LogP contribution < -0.4 is 5.56 Å². The van der Waals surface area contributed by atoms with E-state index >= 15 is 0 Å². The second-order valence-corrected chi connectivity index (χ2v) is 8.43. The number of rotatable bonds is 1. The number of aromatic nitrogens is 2. The second kappa shape index (κ2) is 5.84. The SMILES string of the molecule is Cc1cc2nc3c(c4c2c(c1C)CCC4)Cn1c-3cc2c(c1=O)COC(=O)C2N=O. The summed E-state index contributed by atoms with van der Waals surface area (Å²) < 4.78 is 6.72. The van der Waals surface area contributed by atoms with Gasteiger partial charge in [-0.1, -0.05) is 0 Å². The van der Waals surface area contributed by atoms with Gasteiger partial charge < -0.3 is 9.30 Å². The lowest BCUT2D eigenvalue weighted by atomic mass is 9.83. The van der Waals surface area contributed by atoms with Crippen LogP contribution in [0.15, 0.2) is 22.1 Å². The monoisotopic (exact) mass is 401 g/mol. The van der Waals surface area contributed by atoms with Crippen molar-refractivity contribution in [2.75, 3.05) is 0 Å². The molecule has 30 heavy (non-hydrogen) atoms. The maximum absolute atomic E-state index is 13.2. The van der Waals surface area contributed by atoms with Gasteiger partial charge in [-0.05, 0) is 72.7 Å². The van der Waals surface area contributed by atoms with Gasteiger partial charge >= 0.3 is 5.97 Å². The number of nitrogens with zero attached hydrogens (tertiary/aromatic N) is 3. The zero-order chi connectivity index (χ0) is 20.7. The lowest BCUT2D eigenvalue weighted by molar-refractivity contribution is -0.148. The molecule has 0 N–H and O–H groups in total. The number of ether oxygens (including phenoxy) is 1. The zero-order valence-corrected chi connectivity index (χ0v) is 16.7. The van der Waals surface area contributed by atoms with Crippen LogP contribution in [0.3, 0.4) is 0 Å². The van der Waals surface area contributed by atoms with Crippen molar-refractivity contribution < 1.29 is 9.53 Å². The molecular formula is C23H19N3O4. The molecule has 0 radical (unpaired) electrons. The minimum absolute atomic E-state index is 0.125. The topological polar surface area (TPSA) is 90.6 Å². The van der Waals surface area contributed by atoms with Crippen LogP contribution in [-0.4, -0.2) is 15.5 Å². The van der Waals surface area contributed by atoms with Crippen LogP contribution >= 0.6 is 0 Å². The van der Waals surface area contributed by atoms with E-state index in [1.165, 1.54) is 27.6 Å². The Hall–Kier alpha value is -3.35. The van der Waals surface area contributed by atoms with Crippen molar-refractivity contribution in [3.05, 3.63) is 66.3 Å². The Morgan fingerprint density at radius 1 is 1.10 bits per heavy atom. The molecule has 0 saturated heterocycles. The lowest BCUT2D eigenvalue weighted by Crippen LogP contribution is -2.32. The fraction of sp³-hybridized carbons (Fsp3) is 0.348. The molecule has 150 valence electrons. The molecule has 2 aliphatic heterocycles. The Labute approximate surface area is 171 Å². The highest BCUT2D eigenvalue weighted by molar-refractivity contribution is 5.93. The number of fused-ring (bicyclic) bond motifs is 5. The van der Waals surface area contributed by atoms with Gasteiger partial charge in [-0.3, -0.25) is 4.79 Å². The highest BCUT2D eigenvalue weighted by Crippen LogP contribution is 2.42. The molecule has 3 aliphatic rings. The molecule has 1 atom stereocenters. The quantitative estimate of drug-likeness (QED) is 0.360. The maximum Gasteiger partial charge on any atom is 0.339 e. The van der Waals surface area contributed by atoms with E-state index in [1.54, 1.807) is 10.6 Å². The van der Waals surface area contributed by atoms with E-state index < -0.39 is 12.0 Å². The molecule has 0 saturated carbocycles. The summed E-state index contributed by atoms with van der Waals surface area (Å²) in [7, 11) is 0. The zero-order valence-electron chi connectivity index (χ0n) is 16.7. The van der Waals surface area contributed by atoms with E-state index in [0.29, 0.717) is 23.4 Å². The van der Waals surface area contributed by atoms with Crippen molar-refractivity contribution in [2.45, 2.75) is 52.3 Å². The van der Waals surface area contributed by atoms with Gasteiger partial charge in [0, 0.05) is 16.5 Å². The van der Waals surface area contributed by atoms with E-state index in [0.717, 1.165) is 36.0 Å². The van der Waals surface area contributed by atoms with E-state index in [-0.39, 0.29) is 12.2 Å². The van der Waals surface area contributed by atoms with E-state index in [9.17, 15) is 14.5 Å². The van der Waals surface area contributed by atoms with Gasteiger partial charge in [-0.15, -0.1) is 4.91 Å². The van der Waals surface area contributed by atoms with Crippen molar-refractivity contribution in [1.82, 2.24) is 9.55 Å². The van der Waals surface area contributed by atoms with Crippen LogP contribution in [0.1, 0.15) is 51.4 Å². The Morgan fingerprint density at radius 3 is 2.70 bits per heavy atom. The van der Waals surface area contributed by atoms with Crippen molar-refractivity contribution in [3.63, 3.8) is 0 Å². The van der Waals surface area contributed by atoms with Crippen molar-refractivity contribution >= 4 is 16.9 Å². The Kier molecular flexibility index (Phi) is 3.41. The molecule has 0 bridgehead atoms. The average molecular weight is 401 g/mol. The Balaban J connectivity index is 1.68. The fourth-order valence-corrected chi connectivity index (χ4v) is 5.34. The number of carbonyl (C=O) groups is 1. The molecule has 0 spiro atoms. The standard InChI is InChI=1S/C23H19N3O4/c1-10-6-17-19-12(11(10)2)4-3-5-13(19)15-8-26-18(20(15)24-17)7-14-16(22(26)27)9-30-23(28)21(14)25-29/h6-7,21H,3-5,8-9H2,1-2H3. The highest BCUT2D eigenvalue weighted by Gasteiger charge is 2.37. The summed E-state index contributed by atoms with van der Waals surface area (Å²) >= 11 is 0. The van der Waals surface area contributed by atoms with Crippen molar-refractivity contribution in [2.24, 2.45) is 5.18 Å². The third-order valence-electron chi connectivity index (χ3n) is 6.97. The minimum atomic E-state index is -1.30. The first kappa shape index (κ1) is 17.5. The molecule has 6 rings (SSSR count). The third kappa shape index (κ3) is 2.07. The summed E-state index contributed by atoms with van der Waals surface area (Å²) in [4.78, 5) is 41.5. The Bertz CT molecular complexity index is 1390. The molecule has 7 heteroatoms. The molecule has 1 aromatic carbocycles. The predicted octanol–water partition coefficient (Wildman–Crippen LogP) is 3.40. The van der Waals surface area contributed by atoms with Gasteiger partial charge in [0.15, 0.2) is 0 Å². The minimum Gasteiger partial charge on any atom is -0.459 e. The largest absolute Gasteiger partial charge is 0.459 e. The summed E-state index contributed by atoms with van der Waals surface area (Å²) in [5.74, 6) is -0.711. The number of pyridine rings is 2. The first-order valence-electron chi connectivity index (χ1n) is 10.2. The van der Waals surface area contributed by atoms with E-state index in [4.69, 9.17) is 9.72 Å². The van der Waals surface area contributed by atoms with Gasteiger partial charge in [0.2, 0.25) is 6.04 Å². The number of hydrogen-bond acceptors (Lipinski definition) is 6. The first-order chi connectivity index (χ1) is 14.5. The summed E-state index contributed by atoms with van der Waals surface area (Å²) in [6, 6.07) is 2.56. The molecule has 4 heterocycles. The van der Waals surface area contributed by atoms with Gasteiger partial charge in [0.1, 0.15) is 6.61 Å². The summed E-state index contributed by atoms with van der Waals surface area (Å²) in [5, 5.41) is 4.16. The molecule has 0 amide bonds. The first-order valence-corrected chi connectivity index (χ1v) is 10.2. The van der Waals surface area contributed by atoms with Crippen LogP contribution in [0.5, 0.6) is 0 Å². The number of cyclic esters (lactones) is 1. The number of benzene rings is 1. The number of esters is 1. The van der Waals surface area contributed by atoms with E-state index in [1.807, 2.05) is 0 Å². The van der Waals surface area contributed by atoms with Crippen LogP contribution in [0.2, 0.25) is 0 Å². The number of hydrogen-bond donors (Lipinski definition) is 0. The smallest absolute Gasteiger partial charge is 0.339 e. The van der Waals surface area contributed by atoms with Crippen LogP contribution in [0, 0.1) is 18.8 Å². The molecule has 3 aromatic rings. The number of aryl methyl sites for hydroxylation is 3. The van der Waals surface area contributed by atoms with Crippen LogP contribution in [0.25, 0.3) is 22.3 Å². The van der Waals surface area contributed by atoms with Crippen LogP contribution in [-0.2, 0) is 35.5 Å². The highest BCUT2D eigenvalue weighted by atomic mass is 16.5. The third-order valence-corrected chi connectivity index (χ3v) is 6.97. The number of nitroso groups, excluding NO2 is 1.